The van der Waals surface area contributed by atoms with Gasteiger partial charge in [0.2, 0.25) is 0 Å². The highest BCUT2D eigenvalue weighted by molar-refractivity contribution is 7.10. The molecule has 0 aliphatic carbocycles. The molecule has 1 amide bonds. The van der Waals surface area contributed by atoms with E-state index in [4.69, 9.17) is 0 Å². The van der Waals surface area contributed by atoms with Gasteiger partial charge in [0.1, 0.15) is 0 Å². The van der Waals surface area contributed by atoms with Crippen LogP contribution < -0.4 is 5.56 Å². The van der Waals surface area contributed by atoms with Crippen molar-refractivity contribution in [3.63, 3.8) is 0 Å². The Morgan fingerprint density at radius 2 is 2.04 bits per heavy atom. The molecular weight excluding hydrogens is 334 g/mol. The number of nitrogens with zero attached hydrogens (tertiary/aromatic N) is 3. The molecule has 1 aliphatic rings. The van der Waals surface area contributed by atoms with E-state index in [1.807, 2.05) is 41.5 Å². The fraction of sp³-hybridized carbons (Fsp3) is 0.316. The van der Waals surface area contributed by atoms with Crippen LogP contribution in [0, 0.1) is 0 Å². The molecule has 6 heteroatoms. The molecule has 0 unspecified atom stereocenters. The van der Waals surface area contributed by atoms with Gasteiger partial charge in [-0.25, -0.2) is 4.68 Å². The monoisotopic (exact) mass is 353 g/mol. The summed E-state index contributed by atoms with van der Waals surface area (Å²) < 4.78 is 1.38. The van der Waals surface area contributed by atoms with Gasteiger partial charge in [-0.15, -0.1) is 11.3 Å². The first-order valence-corrected chi connectivity index (χ1v) is 9.43. The van der Waals surface area contributed by atoms with Gasteiger partial charge in [-0.1, -0.05) is 24.3 Å². The molecule has 0 bridgehead atoms. The minimum Gasteiger partial charge on any atom is -0.329 e. The van der Waals surface area contributed by atoms with E-state index in [2.05, 4.69) is 11.2 Å². The molecule has 1 aromatic carbocycles. The van der Waals surface area contributed by atoms with Crippen LogP contribution in [-0.2, 0) is 6.54 Å². The Labute approximate surface area is 149 Å². The van der Waals surface area contributed by atoms with Gasteiger partial charge < -0.3 is 4.90 Å². The zero-order valence-electron chi connectivity index (χ0n) is 14.0. The smallest absolute Gasteiger partial charge is 0.275 e. The maximum atomic E-state index is 13.3. The molecule has 1 aliphatic heterocycles. The number of benzene rings is 1. The van der Waals surface area contributed by atoms with Crippen molar-refractivity contribution in [3.8, 4) is 0 Å². The Morgan fingerprint density at radius 3 is 2.76 bits per heavy atom. The fourth-order valence-electron chi connectivity index (χ4n) is 3.53. The van der Waals surface area contributed by atoms with Gasteiger partial charge in [0.05, 0.1) is 11.4 Å². The Hall–Kier alpha value is -2.47. The lowest BCUT2D eigenvalue weighted by molar-refractivity contribution is 0.0731. The number of fused-ring (bicyclic) bond motifs is 1. The second-order valence-electron chi connectivity index (χ2n) is 6.19. The Morgan fingerprint density at radius 1 is 1.24 bits per heavy atom. The summed E-state index contributed by atoms with van der Waals surface area (Å²) in [6.07, 6.45) is 1.96. The first-order chi connectivity index (χ1) is 12.2. The van der Waals surface area contributed by atoms with E-state index >= 15 is 0 Å². The second kappa shape index (κ2) is 6.44. The van der Waals surface area contributed by atoms with Crippen LogP contribution >= 0.6 is 11.3 Å². The summed E-state index contributed by atoms with van der Waals surface area (Å²) in [6.45, 7) is 3.03. The molecule has 0 saturated carbocycles. The number of likely N-dealkylation sites (tertiary alicyclic amines) is 1. The highest BCUT2D eigenvalue weighted by Gasteiger charge is 2.33. The van der Waals surface area contributed by atoms with Gasteiger partial charge in [0, 0.05) is 23.4 Å². The van der Waals surface area contributed by atoms with E-state index in [1.54, 1.807) is 17.4 Å². The van der Waals surface area contributed by atoms with E-state index in [-0.39, 0.29) is 17.5 Å². The average Bonchev–Trinajstić information content (AvgIpc) is 3.33. The number of thiophene rings is 1. The summed E-state index contributed by atoms with van der Waals surface area (Å²) in [7, 11) is 0. The number of hydrogen-bond acceptors (Lipinski definition) is 4. The van der Waals surface area contributed by atoms with Gasteiger partial charge in [0.15, 0.2) is 5.69 Å². The van der Waals surface area contributed by atoms with E-state index in [1.165, 1.54) is 9.56 Å². The fourth-order valence-corrected chi connectivity index (χ4v) is 4.40. The zero-order chi connectivity index (χ0) is 17.4. The summed E-state index contributed by atoms with van der Waals surface area (Å²) in [5, 5.41) is 7.63. The third kappa shape index (κ3) is 2.66. The lowest BCUT2D eigenvalue weighted by Gasteiger charge is -2.24. The second-order valence-corrected chi connectivity index (χ2v) is 7.17. The van der Waals surface area contributed by atoms with Crippen molar-refractivity contribution in [3.05, 3.63) is 62.7 Å². The predicted molar refractivity (Wildman–Crippen MR) is 99.0 cm³/mol. The number of carbonyl (C=O) groups excluding carboxylic acids is 1. The molecule has 2 aromatic heterocycles. The quantitative estimate of drug-likeness (QED) is 0.725. The molecule has 0 radical (unpaired) electrons. The standard InChI is InChI=1S/C19H19N3O2S/c1-2-22-18(23)14-8-4-3-7-13(14)17(20-22)19(24)21-11-5-9-15(21)16-10-6-12-25-16/h3-4,6-8,10,12,15H,2,5,9,11H2,1H3/t15-/m0/s1. The zero-order valence-corrected chi connectivity index (χ0v) is 14.8. The molecule has 1 fully saturated rings. The highest BCUT2D eigenvalue weighted by Crippen LogP contribution is 2.35. The number of rotatable bonds is 3. The van der Waals surface area contributed by atoms with Crippen molar-refractivity contribution in [1.29, 1.82) is 0 Å². The van der Waals surface area contributed by atoms with Crippen LogP contribution in [0.1, 0.15) is 41.2 Å². The number of hydrogen-bond donors (Lipinski definition) is 0. The largest absolute Gasteiger partial charge is 0.329 e. The highest BCUT2D eigenvalue weighted by atomic mass is 32.1. The lowest BCUT2D eigenvalue weighted by Crippen LogP contribution is -2.34. The topological polar surface area (TPSA) is 55.2 Å². The SMILES string of the molecule is CCn1nc(C(=O)N2CCC[C@H]2c2cccs2)c2ccccc2c1=O. The lowest BCUT2D eigenvalue weighted by atomic mass is 10.1. The first-order valence-electron chi connectivity index (χ1n) is 8.55. The molecule has 3 aromatic rings. The van der Waals surface area contributed by atoms with Gasteiger partial charge in [0.25, 0.3) is 11.5 Å². The number of carbonyl (C=O) groups is 1. The van der Waals surface area contributed by atoms with Crippen molar-refractivity contribution < 1.29 is 4.79 Å². The molecule has 5 nitrogen and oxygen atoms in total. The van der Waals surface area contributed by atoms with Gasteiger partial charge in [-0.3, -0.25) is 9.59 Å². The number of aromatic nitrogens is 2. The van der Waals surface area contributed by atoms with Crippen molar-refractivity contribution in [2.45, 2.75) is 32.4 Å². The molecule has 0 N–H and O–H groups in total. The third-order valence-corrected chi connectivity index (χ3v) is 5.73. The molecule has 1 saturated heterocycles. The van der Waals surface area contributed by atoms with Crippen molar-refractivity contribution in [2.24, 2.45) is 0 Å². The number of aryl methyl sites for hydroxylation is 1. The van der Waals surface area contributed by atoms with E-state index in [9.17, 15) is 9.59 Å². The molecule has 4 rings (SSSR count). The Kier molecular flexibility index (Phi) is 4.13. The summed E-state index contributed by atoms with van der Waals surface area (Å²) >= 11 is 1.68. The molecule has 1 atom stereocenters. The number of amides is 1. The van der Waals surface area contributed by atoms with E-state index in [0.29, 0.717) is 23.0 Å². The normalized spacial score (nSPS) is 17.3. The van der Waals surface area contributed by atoms with E-state index in [0.717, 1.165) is 19.4 Å². The van der Waals surface area contributed by atoms with Gasteiger partial charge in [-0.2, -0.15) is 5.10 Å². The molecule has 3 heterocycles. The van der Waals surface area contributed by atoms with Crippen LogP contribution in [0.4, 0.5) is 0 Å². The summed E-state index contributed by atoms with van der Waals surface area (Å²) in [4.78, 5) is 28.9. The minimum absolute atomic E-state index is 0.0886. The summed E-state index contributed by atoms with van der Waals surface area (Å²) in [6, 6.07) is 11.5. The predicted octanol–water partition coefficient (Wildman–Crippen LogP) is 3.46. The Balaban J connectivity index is 1.82. The van der Waals surface area contributed by atoms with E-state index < -0.39 is 0 Å². The van der Waals surface area contributed by atoms with Gasteiger partial charge >= 0.3 is 0 Å². The molecule has 128 valence electrons. The van der Waals surface area contributed by atoms with Crippen LogP contribution in [0.3, 0.4) is 0 Å². The average molecular weight is 353 g/mol. The molecular formula is C19H19N3O2S. The maximum Gasteiger partial charge on any atom is 0.275 e. The first kappa shape index (κ1) is 16.0. The molecule has 0 spiro atoms. The third-order valence-electron chi connectivity index (χ3n) is 4.76. The van der Waals surface area contributed by atoms with Crippen molar-refractivity contribution >= 4 is 28.0 Å². The van der Waals surface area contributed by atoms with Crippen LogP contribution in [0.25, 0.3) is 10.8 Å². The van der Waals surface area contributed by atoms with Crippen LogP contribution in [0.15, 0.2) is 46.6 Å². The van der Waals surface area contributed by atoms with Crippen LogP contribution in [0.2, 0.25) is 0 Å². The van der Waals surface area contributed by atoms with Crippen LogP contribution in [0.5, 0.6) is 0 Å². The van der Waals surface area contributed by atoms with Crippen molar-refractivity contribution in [2.75, 3.05) is 6.54 Å². The molecule has 25 heavy (non-hydrogen) atoms. The maximum absolute atomic E-state index is 13.3. The Bertz CT molecular complexity index is 978. The van der Waals surface area contributed by atoms with Crippen molar-refractivity contribution in [1.82, 2.24) is 14.7 Å². The minimum atomic E-state index is -0.147. The van der Waals surface area contributed by atoms with Crippen LogP contribution in [-0.4, -0.2) is 27.1 Å². The summed E-state index contributed by atoms with van der Waals surface area (Å²) in [5.41, 5.74) is 0.228. The van der Waals surface area contributed by atoms with Gasteiger partial charge in [-0.05, 0) is 37.3 Å². The summed E-state index contributed by atoms with van der Waals surface area (Å²) in [5.74, 6) is -0.0886.